The van der Waals surface area contributed by atoms with Crippen LogP contribution in [0.3, 0.4) is 0 Å². The summed E-state index contributed by atoms with van der Waals surface area (Å²) in [4.78, 5) is 25.6. The molecule has 9 heteroatoms. The molecule has 2 N–H and O–H groups in total. The minimum Gasteiger partial charge on any atom is -0.756 e. The van der Waals surface area contributed by atoms with E-state index < -0.39 is 26.6 Å². The maximum Gasteiger partial charge on any atom is 0.268 e. The standard InChI is InChI=1S/C68H123N2O6P/c1-6-8-10-12-14-16-18-20-22-24-26-28-30-32-34-36-37-39-41-43-45-47-49-51-53-55-57-59-61-67(71)66(65-76-77(73,74)75-64-63-70(3,4)5)69-68(72)62-60-58-56-54-52-50-48-46-44-42-40-38-35-33-31-29-27-25-23-21-19-17-15-13-11-9-7-2/h9,11,15,17,21,23,27,29,33,35,43,45,51,53,59,61,66-67,71H,6-8,10,12-14,16,18-20,22,24-26,28,30-32,34,36-42,44,46-50,52,54-58,60,62-65H2,1-5H3,(H-,69,72,73,74)/b11-9-,17-15-,23-21-,29-27-,35-33-,45-43+,53-51+,61-59+. The molecule has 0 fully saturated rings. The molecular formula is C68H123N2O6P. The van der Waals surface area contributed by atoms with Crippen LogP contribution in [0.15, 0.2) is 97.2 Å². The number of amides is 1. The molecule has 0 rings (SSSR count). The smallest absolute Gasteiger partial charge is 0.268 e. The van der Waals surface area contributed by atoms with E-state index in [1.807, 2.05) is 27.2 Å². The third kappa shape index (κ3) is 60.9. The summed E-state index contributed by atoms with van der Waals surface area (Å²) in [6.45, 7) is 4.52. The number of aliphatic hydroxyl groups excluding tert-OH is 1. The van der Waals surface area contributed by atoms with Crippen molar-refractivity contribution in [3.63, 3.8) is 0 Å². The number of nitrogens with zero attached hydrogens (tertiary/aromatic N) is 1. The van der Waals surface area contributed by atoms with Gasteiger partial charge in [0.2, 0.25) is 5.91 Å². The number of hydrogen-bond donors (Lipinski definition) is 2. The van der Waals surface area contributed by atoms with E-state index in [0.717, 1.165) is 77.0 Å². The molecule has 3 unspecified atom stereocenters. The van der Waals surface area contributed by atoms with Gasteiger partial charge in [-0.2, -0.15) is 0 Å². The summed E-state index contributed by atoms with van der Waals surface area (Å²) in [5.74, 6) is -0.216. The lowest BCUT2D eigenvalue weighted by Crippen LogP contribution is -2.45. The number of unbranched alkanes of at least 4 members (excludes halogenated alkanes) is 31. The minimum atomic E-state index is -4.62. The zero-order chi connectivity index (χ0) is 56.3. The molecule has 0 aliphatic heterocycles. The number of nitrogens with one attached hydrogen (secondary N) is 1. The van der Waals surface area contributed by atoms with E-state index in [0.29, 0.717) is 17.4 Å². The van der Waals surface area contributed by atoms with Gasteiger partial charge in [-0.05, 0) is 89.9 Å². The average molecular weight is 1100 g/mol. The van der Waals surface area contributed by atoms with E-state index >= 15 is 0 Å². The Morgan fingerprint density at radius 2 is 0.805 bits per heavy atom. The first kappa shape index (κ1) is 74.4. The number of rotatable bonds is 58. The molecule has 0 aliphatic carbocycles. The molecule has 77 heavy (non-hydrogen) atoms. The van der Waals surface area contributed by atoms with Crippen molar-refractivity contribution in [1.82, 2.24) is 5.32 Å². The molecule has 0 aliphatic rings. The third-order valence-corrected chi connectivity index (χ3v) is 15.0. The second kappa shape index (κ2) is 58.1. The van der Waals surface area contributed by atoms with Gasteiger partial charge in [-0.3, -0.25) is 9.36 Å². The molecule has 0 bridgehead atoms. The van der Waals surface area contributed by atoms with Crippen LogP contribution in [0.5, 0.6) is 0 Å². The van der Waals surface area contributed by atoms with Gasteiger partial charge in [0, 0.05) is 6.42 Å². The van der Waals surface area contributed by atoms with Crippen molar-refractivity contribution in [2.75, 3.05) is 40.9 Å². The monoisotopic (exact) mass is 1090 g/mol. The number of phosphoric acid groups is 1. The first-order chi connectivity index (χ1) is 37.5. The van der Waals surface area contributed by atoms with E-state index in [1.165, 1.54) is 180 Å². The fraction of sp³-hybridized carbons (Fsp3) is 0.750. The number of carbonyl (C=O) groups excluding carboxylic acids is 1. The number of likely N-dealkylation sites (N-methyl/N-ethyl adjacent to an activating group) is 1. The van der Waals surface area contributed by atoms with Crippen molar-refractivity contribution in [3.05, 3.63) is 97.2 Å². The Morgan fingerprint density at radius 1 is 0.468 bits per heavy atom. The summed E-state index contributed by atoms with van der Waals surface area (Å²) in [7, 11) is 1.23. The van der Waals surface area contributed by atoms with Crippen LogP contribution in [0.2, 0.25) is 0 Å². The molecule has 0 saturated heterocycles. The van der Waals surface area contributed by atoms with Gasteiger partial charge in [0.1, 0.15) is 13.2 Å². The topological polar surface area (TPSA) is 108 Å². The third-order valence-electron chi connectivity index (χ3n) is 14.0. The predicted octanol–water partition coefficient (Wildman–Crippen LogP) is 19.5. The maximum absolute atomic E-state index is 13.0. The minimum absolute atomic E-state index is 0.0137. The van der Waals surface area contributed by atoms with Crippen LogP contribution in [-0.2, 0) is 18.4 Å². The highest BCUT2D eigenvalue weighted by atomic mass is 31.2. The normalized spacial score (nSPS) is 14.4. The van der Waals surface area contributed by atoms with Crippen molar-refractivity contribution in [1.29, 1.82) is 0 Å². The molecule has 3 atom stereocenters. The van der Waals surface area contributed by atoms with Crippen LogP contribution in [0.25, 0.3) is 0 Å². The zero-order valence-electron chi connectivity index (χ0n) is 50.9. The van der Waals surface area contributed by atoms with Gasteiger partial charge in [-0.25, -0.2) is 0 Å². The number of phosphoric ester groups is 1. The van der Waals surface area contributed by atoms with Crippen molar-refractivity contribution >= 4 is 13.7 Å². The second-order valence-corrected chi connectivity index (χ2v) is 24.1. The molecular weight excluding hydrogens is 972 g/mol. The van der Waals surface area contributed by atoms with Gasteiger partial charge >= 0.3 is 0 Å². The number of allylic oxidation sites excluding steroid dienone is 15. The number of carbonyl (C=O) groups is 1. The molecule has 1 amide bonds. The van der Waals surface area contributed by atoms with E-state index in [2.05, 4.69) is 104 Å². The fourth-order valence-corrected chi connectivity index (χ4v) is 9.76. The Balaban J connectivity index is 4.23. The van der Waals surface area contributed by atoms with Gasteiger partial charge in [0.15, 0.2) is 0 Å². The lowest BCUT2D eigenvalue weighted by Gasteiger charge is -2.29. The summed E-state index contributed by atoms with van der Waals surface area (Å²) >= 11 is 0. The maximum atomic E-state index is 13.0. The highest BCUT2D eigenvalue weighted by molar-refractivity contribution is 7.45. The Hall–Kier alpha value is -2.58. The van der Waals surface area contributed by atoms with Gasteiger partial charge in [-0.15, -0.1) is 0 Å². The van der Waals surface area contributed by atoms with Crippen LogP contribution >= 0.6 is 7.82 Å². The quantitative estimate of drug-likeness (QED) is 0.0272. The Kier molecular flexibility index (Phi) is 56.1. The number of aliphatic hydroxyl groups is 1. The summed E-state index contributed by atoms with van der Waals surface area (Å²) in [6, 6.07) is -0.919. The molecule has 446 valence electrons. The Bertz CT molecular complexity index is 1570. The van der Waals surface area contributed by atoms with Crippen LogP contribution in [0.1, 0.15) is 277 Å². The van der Waals surface area contributed by atoms with E-state index in [1.54, 1.807) is 6.08 Å². The highest BCUT2D eigenvalue weighted by Gasteiger charge is 2.23. The van der Waals surface area contributed by atoms with Gasteiger partial charge in [0.05, 0.1) is 39.9 Å². The molecule has 0 saturated carbocycles. The SMILES string of the molecule is CC/C=C\C/C=C\C/C=C\C/C=C\C/C=C\CCCCCCCCCCCCCC(=O)NC(COP(=O)([O-])OCC[N+](C)(C)C)C(O)/C=C/CC/C=C/CC/C=C/CCCCCCCCCCCCCCCCCCCC. The van der Waals surface area contributed by atoms with E-state index in [-0.39, 0.29) is 12.5 Å². The highest BCUT2D eigenvalue weighted by Crippen LogP contribution is 2.38. The van der Waals surface area contributed by atoms with Crippen LogP contribution in [-0.4, -0.2) is 68.5 Å². The van der Waals surface area contributed by atoms with Crippen molar-refractivity contribution in [2.24, 2.45) is 0 Å². The van der Waals surface area contributed by atoms with E-state index in [9.17, 15) is 19.4 Å². The van der Waals surface area contributed by atoms with Gasteiger partial charge < -0.3 is 28.8 Å². The van der Waals surface area contributed by atoms with E-state index in [4.69, 9.17) is 9.05 Å². The summed E-state index contributed by atoms with van der Waals surface area (Å²) in [5, 5.41) is 13.9. The molecule has 0 aromatic heterocycles. The lowest BCUT2D eigenvalue weighted by atomic mass is 10.0. The predicted molar refractivity (Wildman–Crippen MR) is 334 cm³/mol. The Labute approximate surface area is 477 Å². The summed E-state index contributed by atoms with van der Waals surface area (Å²) in [6.07, 6.45) is 83.7. The zero-order valence-corrected chi connectivity index (χ0v) is 51.8. The summed E-state index contributed by atoms with van der Waals surface area (Å²) in [5.41, 5.74) is 0. The lowest BCUT2D eigenvalue weighted by molar-refractivity contribution is -0.870. The second-order valence-electron chi connectivity index (χ2n) is 22.7. The first-order valence-corrected chi connectivity index (χ1v) is 33.6. The van der Waals surface area contributed by atoms with Crippen LogP contribution in [0, 0.1) is 0 Å². The number of hydrogen-bond acceptors (Lipinski definition) is 6. The van der Waals surface area contributed by atoms with Crippen molar-refractivity contribution in [2.45, 2.75) is 289 Å². The van der Waals surface area contributed by atoms with Gasteiger partial charge in [0.25, 0.3) is 7.82 Å². The molecule has 0 spiro atoms. The molecule has 0 heterocycles. The molecule has 0 aromatic rings. The molecule has 0 aromatic carbocycles. The Morgan fingerprint density at radius 3 is 1.21 bits per heavy atom. The van der Waals surface area contributed by atoms with Crippen LogP contribution in [0.4, 0.5) is 0 Å². The fourth-order valence-electron chi connectivity index (χ4n) is 9.04. The largest absolute Gasteiger partial charge is 0.756 e. The molecule has 0 radical (unpaired) electrons. The van der Waals surface area contributed by atoms with Gasteiger partial charge in [-0.1, -0.05) is 278 Å². The van der Waals surface area contributed by atoms with Crippen molar-refractivity contribution < 1.29 is 32.9 Å². The number of quaternary nitrogens is 1. The van der Waals surface area contributed by atoms with Crippen molar-refractivity contribution in [3.8, 4) is 0 Å². The summed E-state index contributed by atoms with van der Waals surface area (Å²) < 4.78 is 23.4. The first-order valence-electron chi connectivity index (χ1n) is 32.1. The average Bonchev–Trinajstić information content (AvgIpc) is 3.39. The van der Waals surface area contributed by atoms with Crippen LogP contribution < -0.4 is 10.2 Å². The molecule has 8 nitrogen and oxygen atoms in total.